The Bertz CT molecular complexity index is 1000. The molecule has 1 aromatic carbocycles. The van der Waals surface area contributed by atoms with E-state index in [2.05, 4.69) is 20.6 Å². The number of carboxylic acid groups (broad SMARTS) is 1. The number of rotatable bonds is 8. The van der Waals surface area contributed by atoms with Crippen molar-refractivity contribution in [1.82, 2.24) is 15.3 Å². The molecule has 3 aromatic rings. The number of pyridine rings is 1. The molecule has 8 nitrogen and oxygen atoms in total. The second kappa shape index (κ2) is 8.85. The Labute approximate surface area is 160 Å². The molecule has 0 aliphatic rings. The van der Waals surface area contributed by atoms with Crippen LogP contribution in [0.5, 0.6) is 5.75 Å². The number of nitrogens with zero attached hydrogens (tertiary/aromatic N) is 2. The van der Waals surface area contributed by atoms with Crippen LogP contribution in [0.1, 0.15) is 11.3 Å². The molecule has 0 atom stereocenters. The third kappa shape index (κ3) is 4.97. The van der Waals surface area contributed by atoms with Gasteiger partial charge in [-0.2, -0.15) is 4.98 Å². The van der Waals surface area contributed by atoms with Crippen molar-refractivity contribution >= 4 is 23.2 Å². The van der Waals surface area contributed by atoms with Crippen LogP contribution in [-0.2, 0) is 6.54 Å². The number of amides is 1. The van der Waals surface area contributed by atoms with Crippen LogP contribution >= 0.6 is 0 Å². The van der Waals surface area contributed by atoms with Gasteiger partial charge < -0.3 is 24.9 Å². The van der Waals surface area contributed by atoms with Gasteiger partial charge in [-0.05, 0) is 30.7 Å². The maximum absolute atomic E-state index is 12.8. The lowest BCUT2D eigenvalue weighted by molar-refractivity contribution is 0.195. The first-order valence-electron chi connectivity index (χ1n) is 8.48. The first-order valence-corrected chi connectivity index (χ1v) is 8.48. The number of nitrogens with one attached hydrogen (secondary N) is 2. The van der Waals surface area contributed by atoms with Crippen molar-refractivity contribution in [2.24, 2.45) is 0 Å². The number of anilines is 1. The molecule has 9 heteroatoms. The summed E-state index contributed by atoms with van der Waals surface area (Å²) in [6, 6.07) is 9.25. The molecule has 28 heavy (non-hydrogen) atoms. The van der Waals surface area contributed by atoms with E-state index in [9.17, 15) is 9.18 Å². The van der Waals surface area contributed by atoms with Crippen molar-refractivity contribution in [2.45, 2.75) is 13.5 Å². The summed E-state index contributed by atoms with van der Waals surface area (Å²) in [7, 11) is 0. The number of ether oxygens (including phenoxy) is 1. The molecule has 0 radical (unpaired) electrons. The van der Waals surface area contributed by atoms with Crippen molar-refractivity contribution in [3.63, 3.8) is 0 Å². The average Bonchev–Trinajstić information content (AvgIpc) is 3.09. The molecular formula is C19H19FN4O4. The van der Waals surface area contributed by atoms with Crippen molar-refractivity contribution in [3.05, 3.63) is 59.7 Å². The number of aryl methyl sites for hydroxylation is 1. The van der Waals surface area contributed by atoms with Gasteiger partial charge in [0.25, 0.3) is 6.01 Å². The maximum atomic E-state index is 12.8. The van der Waals surface area contributed by atoms with Gasteiger partial charge in [0.15, 0.2) is 5.58 Å². The highest BCUT2D eigenvalue weighted by molar-refractivity contribution is 5.76. The van der Waals surface area contributed by atoms with E-state index in [4.69, 9.17) is 14.3 Å². The number of hydrogen-bond donors (Lipinski definition) is 3. The number of halogens is 1. The maximum Gasteiger partial charge on any atom is 0.404 e. The Kier molecular flexibility index (Phi) is 6.05. The summed E-state index contributed by atoms with van der Waals surface area (Å²) in [6.07, 6.45) is 0.829. The standard InChI is InChI=1S/C19H19FN4O4/c1-12-14(3-2-6-21-12)10-22-18-24-16-5-4-15(7-17(16)28-18)27-11-13(8-20)9-23-19(25)26/h2-8,23H,9-11H2,1H3,(H,22,24)(H,25,26). The smallest absolute Gasteiger partial charge is 0.404 e. The summed E-state index contributed by atoms with van der Waals surface area (Å²) in [6.45, 7) is 2.20. The van der Waals surface area contributed by atoms with Crippen LogP contribution in [0.2, 0.25) is 0 Å². The molecule has 0 aliphatic carbocycles. The van der Waals surface area contributed by atoms with Crippen molar-refractivity contribution in [1.29, 1.82) is 0 Å². The van der Waals surface area contributed by atoms with Gasteiger partial charge in [0.1, 0.15) is 17.9 Å². The van der Waals surface area contributed by atoms with Crippen LogP contribution in [-0.4, -0.2) is 34.3 Å². The van der Waals surface area contributed by atoms with Crippen molar-refractivity contribution in [3.8, 4) is 5.75 Å². The molecule has 146 valence electrons. The molecule has 0 bridgehead atoms. The predicted molar refractivity (Wildman–Crippen MR) is 101 cm³/mol. The Morgan fingerprint density at radius 1 is 1.39 bits per heavy atom. The Hall–Kier alpha value is -3.62. The zero-order valence-corrected chi connectivity index (χ0v) is 15.1. The summed E-state index contributed by atoms with van der Waals surface area (Å²) in [5.41, 5.74) is 3.28. The van der Waals surface area contributed by atoms with Crippen LogP contribution in [0.4, 0.5) is 15.2 Å². The van der Waals surface area contributed by atoms with E-state index in [0.29, 0.717) is 35.7 Å². The minimum atomic E-state index is -1.23. The molecule has 0 spiro atoms. The summed E-state index contributed by atoms with van der Waals surface area (Å²) in [5.74, 6) is 0.452. The lowest BCUT2D eigenvalue weighted by Crippen LogP contribution is -2.25. The summed E-state index contributed by atoms with van der Waals surface area (Å²) >= 11 is 0. The van der Waals surface area contributed by atoms with Crippen molar-refractivity contribution < 1.29 is 23.4 Å². The zero-order valence-electron chi connectivity index (χ0n) is 15.1. The first-order chi connectivity index (χ1) is 13.5. The second-order valence-corrected chi connectivity index (χ2v) is 5.96. The lowest BCUT2D eigenvalue weighted by Gasteiger charge is -2.08. The third-order valence-corrected chi connectivity index (χ3v) is 3.95. The molecule has 0 saturated heterocycles. The second-order valence-electron chi connectivity index (χ2n) is 5.96. The Morgan fingerprint density at radius 2 is 2.25 bits per heavy atom. The fraction of sp³-hybridized carbons (Fsp3) is 0.211. The monoisotopic (exact) mass is 386 g/mol. The Morgan fingerprint density at radius 3 is 3.00 bits per heavy atom. The van der Waals surface area contributed by atoms with Crippen LogP contribution in [0, 0.1) is 6.92 Å². The normalized spacial score (nSPS) is 11.4. The Balaban J connectivity index is 1.62. The fourth-order valence-corrected chi connectivity index (χ4v) is 2.43. The molecule has 0 fully saturated rings. The zero-order chi connectivity index (χ0) is 19.9. The summed E-state index contributed by atoms with van der Waals surface area (Å²) < 4.78 is 24.0. The van der Waals surface area contributed by atoms with Gasteiger partial charge in [0.05, 0.1) is 6.33 Å². The SMILES string of the molecule is Cc1ncccc1CNc1nc2ccc(OCC(=CF)CNC(=O)O)cc2o1. The highest BCUT2D eigenvalue weighted by Gasteiger charge is 2.09. The summed E-state index contributed by atoms with van der Waals surface area (Å²) in [4.78, 5) is 19.1. The summed E-state index contributed by atoms with van der Waals surface area (Å²) in [5, 5.41) is 13.8. The highest BCUT2D eigenvalue weighted by Crippen LogP contribution is 2.24. The van der Waals surface area contributed by atoms with E-state index in [1.807, 2.05) is 19.1 Å². The van der Waals surface area contributed by atoms with Gasteiger partial charge in [0, 0.05) is 36.6 Å². The largest absolute Gasteiger partial charge is 0.489 e. The van der Waals surface area contributed by atoms with E-state index >= 15 is 0 Å². The molecule has 2 heterocycles. The van der Waals surface area contributed by atoms with Crippen LogP contribution in [0.3, 0.4) is 0 Å². The molecule has 2 aromatic heterocycles. The fourth-order valence-electron chi connectivity index (χ4n) is 2.43. The van der Waals surface area contributed by atoms with Gasteiger partial charge in [-0.3, -0.25) is 4.98 Å². The molecule has 0 unspecified atom stereocenters. The van der Waals surface area contributed by atoms with Gasteiger partial charge in [-0.1, -0.05) is 6.07 Å². The van der Waals surface area contributed by atoms with Crippen molar-refractivity contribution in [2.75, 3.05) is 18.5 Å². The minimum Gasteiger partial charge on any atom is -0.489 e. The number of hydrogen-bond acceptors (Lipinski definition) is 6. The minimum absolute atomic E-state index is 0.0954. The molecule has 0 saturated carbocycles. The van der Waals surface area contributed by atoms with Crippen LogP contribution < -0.4 is 15.4 Å². The molecular weight excluding hydrogens is 367 g/mol. The van der Waals surface area contributed by atoms with E-state index in [1.165, 1.54) is 0 Å². The number of benzene rings is 1. The van der Waals surface area contributed by atoms with E-state index in [1.54, 1.807) is 24.4 Å². The number of fused-ring (bicyclic) bond motifs is 1. The van der Waals surface area contributed by atoms with Crippen LogP contribution in [0.25, 0.3) is 11.1 Å². The molecule has 0 aliphatic heterocycles. The molecule has 1 amide bonds. The van der Waals surface area contributed by atoms with E-state index < -0.39 is 6.09 Å². The lowest BCUT2D eigenvalue weighted by atomic mass is 10.2. The number of oxazole rings is 1. The van der Waals surface area contributed by atoms with Gasteiger partial charge in [0.2, 0.25) is 0 Å². The van der Waals surface area contributed by atoms with Gasteiger partial charge in [-0.25, -0.2) is 9.18 Å². The first kappa shape index (κ1) is 19.2. The topological polar surface area (TPSA) is 110 Å². The number of carbonyl (C=O) groups is 1. The quantitative estimate of drug-likeness (QED) is 0.542. The van der Waals surface area contributed by atoms with E-state index in [0.717, 1.165) is 11.3 Å². The van der Waals surface area contributed by atoms with Gasteiger partial charge >= 0.3 is 6.09 Å². The average molecular weight is 386 g/mol. The van der Waals surface area contributed by atoms with E-state index in [-0.39, 0.29) is 18.7 Å². The molecule has 3 N–H and O–H groups in total. The van der Waals surface area contributed by atoms with Crippen LogP contribution in [0.15, 0.2) is 52.8 Å². The predicted octanol–water partition coefficient (Wildman–Crippen LogP) is 3.64. The highest BCUT2D eigenvalue weighted by atomic mass is 19.1. The third-order valence-electron chi connectivity index (χ3n) is 3.95. The van der Waals surface area contributed by atoms with Gasteiger partial charge in [-0.15, -0.1) is 0 Å². The number of aromatic nitrogens is 2. The molecule has 3 rings (SSSR count).